The maximum atomic E-state index is 12.9. The molecule has 1 unspecified atom stereocenters. The molecule has 5 nitrogen and oxygen atoms in total. The highest BCUT2D eigenvalue weighted by Gasteiger charge is 2.29. The van der Waals surface area contributed by atoms with Crippen LogP contribution in [-0.4, -0.2) is 45.4 Å². The molecule has 146 valence electrons. The Kier molecular flexibility index (Phi) is 7.41. The number of likely N-dealkylation sites (N-methyl/N-ethyl adjacent to an activating group) is 1. The van der Waals surface area contributed by atoms with Crippen molar-refractivity contribution in [3.63, 3.8) is 0 Å². The molecule has 1 N–H and O–H groups in total. The summed E-state index contributed by atoms with van der Waals surface area (Å²) in [5.41, 5.74) is 1.18. The maximum Gasteiger partial charge on any atom is 0.254 e. The van der Waals surface area contributed by atoms with E-state index in [-0.39, 0.29) is 30.1 Å². The topological polar surface area (TPSA) is 66.5 Å². The molecule has 1 fully saturated rings. The Balaban J connectivity index is 0.00000261. The van der Waals surface area contributed by atoms with Crippen molar-refractivity contribution in [3.8, 4) is 0 Å². The first kappa shape index (κ1) is 21.4. The van der Waals surface area contributed by atoms with Crippen LogP contribution in [0.2, 0.25) is 0 Å². The first-order valence-electron chi connectivity index (χ1n) is 8.83. The second-order valence-electron chi connectivity index (χ2n) is 6.62. The largest absolute Gasteiger partial charge is 0.334 e. The number of rotatable bonds is 6. The highest BCUT2D eigenvalue weighted by molar-refractivity contribution is 7.90. The number of likely N-dealkylation sites (tertiary alicyclic amines) is 1. The summed E-state index contributed by atoms with van der Waals surface area (Å²) in [6.45, 7) is 1.52. The molecule has 7 heteroatoms. The monoisotopic (exact) mass is 408 g/mol. The average molecular weight is 409 g/mol. The van der Waals surface area contributed by atoms with Gasteiger partial charge in [0, 0.05) is 24.7 Å². The van der Waals surface area contributed by atoms with Crippen molar-refractivity contribution in [2.24, 2.45) is 0 Å². The number of nitrogens with one attached hydrogen (secondary N) is 1. The van der Waals surface area contributed by atoms with E-state index in [9.17, 15) is 13.2 Å². The van der Waals surface area contributed by atoms with Crippen LogP contribution >= 0.6 is 12.4 Å². The molecule has 27 heavy (non-hydrogen) atoms. The van der Waals surface area contributed by atoms with Gasteiger partial charge in [0.25, 0.3) is 5.91 Å². The Labute approximate surface area is 167 Å². The first-order valence-corrected chi connectivity index (χ1v) is 10.5. The van der Waals surface area contributed by atoms with Crippen molar-refractivity contribution in [1.29, 1.82) is 0 Å². The number of nitrogens with zero attached hydrogens (tertiary/aromatic N) is 1. The molecule has 0 spiro atoms. The smallest absolute Gasteiger partial charge is 0.254 e. The van der Waals surface area contributed by atoms with Crippen LogP contribution in [-0.2, 0) is 15.6 Å². The average Bonchev–Trinajstić information content (AvgIpc) is 3.10. The maximum absolute atomic E-state index is 12.9. The van der Waals surface area contributed by atoms with Gasteiger partial charge in [0.05, 0.1) is 10.6 Å². The third-order valence-corrected chi connectivity index (χ3v) is 6.41. The molecule has 1 aliphatic heterocycles. The number of hydrogen-bond acceptors (Lipinski definition) is 4. The highest BCUT2D eigenvalue weighted by atomic mass is 35.5. The van der Waals surface area contributed by atoms with Crippen LogP contribution in [0.25, 0.3) is 0 Å². The van der Waals surface area contributed by atoms with Gasteiger partial charge in [0.1, 0.15) is 0 Å². The quantitative estimate of drug-likeness (QED) is 0.798. The van der Waals surface area contributed by atoms with Crippen LogP contribution in [0, 0.1) is 0 Å². The highest BCUT2D eigenvalue weighted by Crippen LogP contribution is 2.22. The third kappa shape index (κ3) is 5.09. The van der Waals surface area contributed by atoms with E-state index in [1.54, 1.807) is 54.6 Å². The predicted molar refractivity (Wildman–Crippen MR) is 109 cm³/mol. The Morgan fingerprint density at radius 3 is 2.59 bits per heavy atom. The molecule has 1 saturated heterocycles. The Morgan fingerprint density at radius 2 is 1.89 bits per heavy atom. The summed E-state index contributed by atoms with van der Waals surface area (Å²) in [4.78, 5) is 15.1. The Hall–Kier alpha value is -1.89. The van der Waals surface area contributed by atoms with Crippen molar-refractivity contribution in [2.45, 2.75) is 29.5 Å². The molecule has 0 radical (unpaired) electrons. The van der Waals surface area contributed by atoms with E-state index in [0.29, 0.717) is 16.0 Å². The minimum absolute atomic E-state index is 0. The van der Waals surface area contributed by atoms with E-state index in [4.69, 9.17) is 0 Å². The Bertz CT molecular complexity index is 872. The molecule has 1 atom stereocenters. The lowest BCUT2D eigenvalue weighted by Crippen LogP contribution is -2.40. The van der Waals surface area contributed by atoms with Crippen LogP contribution in [0.1, 0.15) is 28.8 Å². The Morgan fingerprint density at radius 1 is 1.15 bits per heavy atom. The third-order valence-electron chi connectivity index (χ3n) is 4.71. The van der Waals surface area contributed by atoms with Gasteiger partial charge in [-0.1, -0.05) is 30.3 Å². The van der Waals surface area contributed by atoms with Gasteiger partial charge in [0.2, 0.25) is 0 Å². The molecule has 2 aromatic rings. The second-order valence-corrected chi connectivity index (χ2v) is 8.61. The first-order chi connectivity index (χ1) is 12.5. The number of benzene rings is 2. The van der Waals surface area contributed by atoms with Gasteiger partial charge in [-0.05, 0) is 49.7 Å². The number of hydrogen-bond donors (Lipinski definition) is 1. The van der Waals surface area contributed by atoms with Crippen molar-refractivity contribution in [1.82, 2.24) is 10.2 Å². The second kappa shape index (κ2) is 9.35. The molecule has 0 bridgehead atoms. The van der Waals surface area contributed by atoms with E-state index < -0.39 is 9.84 Å². The standard InChI is InChI=1S/C20H24N2O3S.ClH/c1-21-14-18-9-6-12-22(18)20(23)17-8-5-7-16(13-17)15-26(24,25)19-10-3-2-4-11-19;/h2-5,7-8,10-11,13,18,21H,6,9,12,14-15H2,1H3;1H. The van der Waals surface area contributed by atoms with Gasteiger partial charge < -0.3 is 10.2 Å². The number of carbonyl (C=O) groups is 1. The molecule has 1 aliphatic rings. The van der Waals surface area contributed by atoms with Crippen molar-refractivity contribution in [3.05, 3.63) is 65.7 Å². The van der Waals surface area contributed by atoms with Gasteiger partial charge in [-0.3, -0.25) is 4.79 Å². The van der Waals surface area contributed by atoms with Crippen LogP contribution in [0.5, 0.6) is 0 Å². The van der Waals surface area contributed by atoms with Crippen molar-refractivity contribution in [2.75, 3.05) is 20.1 Å². The molecule has 3 rings (SSSR count). The lowest BCUT2D eigenvalue weighted by Gasteiger charge is -2.24. The van der Waals surface area contributed by atoms with Gasteiger partial charge in [-0.25, -0.2) is 8.42 Å². The minimum atomic E-state index is -3.43. The summed E-state index contributed by atoms with van der Waals surface area (Å²) >= 11 is 0. The SMILES string of the molecule is CNCC1CCCN1C(=O)c1cccc(CS(=O)(=O)c2ccccc2)c1.Cl. The lowest BCUT2D eigenvalue weighted by molar-refractivity contribution is 0.0737. The summed E-state index contributed by atoms with van der Waals surface area (Å²) in [6, 6.07) is 15.6. The van der Waals surface area contributed by atoms with Crippen LogP contribution in [0.4, 0.5) is 0 Å². The summed E-state index contributed by atoms with van der Waals surface area (Å²) in [7, 11) is -1.54. The number of sulfone groups is 1. The van der Waals surface area contributed by atoms with E-state index >= 15 is 0 Å². The molecular weight excluding hydrogens is 384 g/mol. The zero-order valence-electron chi connectivity index (χ0n) is 15.3. The molecule has 1 amide bonds. The normalized spacial score (nSPS) is 16.8. The van der Waals surface area contributed by atoms with Gasteiger partial charge >= 0.3 is 0 Å². The van der Waals surface area contributed by atoms with Gasteiger partial charge in [-0.15, -0.1) is 12.4 Å². The van der Waals surface area contributed by atoms with Crippen LogP contribution < -0.4 is 5.32 Å². The molecule has 0 saturated carbocycles. The number of carbonyl (C=O) groups excluding carboxylic acids is 1. The predicted octanol–water partition coefficient (Wildman–Crippen LogP) is 2.91. The molecule has 0 aromatic heterocycles. The fourth-order valence-electron chi connectivity index (χ4n) is 3.44. The zero-order chi connectivity index (χ0) is 18.6. The van der Waals surface area contributed by atoms with E-state index in [1.807, 2.05) is 11.9 Å². The van der Waals surface area contributed by atoms with E-state index in [2.05, 4.69) is 5.32 Å². The summed E-state index contributed by atoms with van der Waals surface area (Å²) < 4.78 is 25.1. The van der Waals surface area contributed by atoms with Crippen molar-refractivity contribution < 1.29 is 13.2 Å². The zero-order valence-corrected chi connectivity index (χ0v) is 16.9. The van der Waals surface area contributed by atoms with Crippen LogP contribution in [0.15, 0.2) is 59.5 Å². The fourth-order valence-corrected chi connectivity index (χ4v) is 4.80. The lowest BCUT2D eigenvalue weighted by atomic mass is 10.1. The molecule has 2 aromatic carbocycles. The van der Waals surface area contributed by atoms with Crippen molar-refractivity contribution >= 4 is 28.2 Å². The number of amides is 1. The molecule has 0 aliphatic carbocycles. The number of halogens is 1. The molecule has 1 heterocycles. The van der Waals surface area contributed by atoms with E-state index in [1.165, 1.54) is 0 Å². The fraction of sp³-hybridized carbons (Fsp3) is 0.350. The summed E-state index contributed by atoms with van der Waals surface area (Å²) in [5, 5.41) is 3.13. The molecular formula is C20H25ClN2O3S. The minimum Gasteiger partial charge on any atom is -0.334 e. The van der Waals surface area contributed by atoms with Gasteiger partial charge in [0.15, 0.2) is 9.84 Å². The van der Waals surface area contributed by atoms with Gasteiger partial charge in [-0.2, -0.15) is 0 Å². The summed E-state index contributed by atoms with van der Waals surface area (Å²) in [5.74, 6) is -0.139. The summed E-state index contributed by atoms with van der Waals surface area (Å²) in [6.07, 6.45) is 1.99. The van der Waals surface area contributed by atoms with Crippen LogP contribution in [0.3, 0.4) is 0 Å². The van der Waals surface area contributed by atoms with E-state index in [0.717, 1.165) is 25.9 Å².